The van der Waals surface area contributed by atoms with Gasteiger partial charge in [0.2, 0.25) is 5.91 Å². The molecule has 2 aromatic rings. The molecule has 2 rings (SSSR count). The second kappa shape index (κ2) is 7.34. The van der Waals surface area contributed by atoms with Crippen LogP contribution in [0.1, 0.15) is 25.3 Å². The molecule has 0 unspecified atom stereocenters. The molecule has 1 amide bonds. The van der Waals surface area contributed by atoms with E-state index in [1.54, 1.807) is 0 Å². The number of hydrazine groups is 1. The summed E-state index contributed by atoms with van der Waals surface area (Å²) >= 11 is 0. The van der Waals surface area contributed by atoms with Crippen LogP contribution in [0.25, 0.3) is 0 Å². The molecule has 0 spiro atoms. The molecular weight excluding hydrogens is 248 g/mol. The minimum Gasteiger partial charge on any atom is -0.281 e. The van der Waals surface area contributed by atoms with Crippen LogP contribution in [0.2, 0.25) is 0 Å². The Kier molecular flexibility index (Phi) is 5.18. The monoisotopic (exact) mass is 268 g/mol. The van der Waals surface area contributed by atoms with E-state index < -0.39 is 0 Å². The van der Waals surface area contributed by atoms with Gasteiger partial charge in [0, 0.05) is 6.42 Å². The van der Waals surface area contributed by atoms with Crippen LogP contribution in [0, 0.1) is 0 Å². The van der Waals surface area contributed by atoms with E-state index >= 15 is 0 Å². The van der Waals surface area contributed by atoms with Crippen molar-refractivity contribution in [2.24, 2.45) is 0 Å². The number of hydrogen-bond acceptors (Lipinski definition) is 2. The van der Waals surface area contributed by atoms with Gasteiger partial charge >= 0.3 is 0 Å². The van der Waals surface area contributed by atoms with E-state index in [-0.39, 0.29) is 5.91 Å². The van der Waals surface area contributed by atoms with Gasteiger partial charge in [-0.05, 0) is 24.1 Å². The summed E-state index contributed by atoms with van der Waals surface area (Å²) in [7, 11) is 0. The van der Waals surface area contributed by atoms with Gasteiger partial charge in [-0.1, -0.05) is 55.5 Å². The molecule has 3 nitrogen and oxygen atoms in total. The van der Waals surface area contributed by atoms with Gasteiger partial charge in [0.1, 0.15) is 0 Å². The lowest BCUT2D eigenvalue weighted by atomic mass is 10.2. The Morgan fingerprint density at radius 3 is 2.20 bits per heavy atom. The van der Waals surface area contributed by atoms with Gasteiger partial charge in [-0.15, -0.1) is 0 Å². The topological polar surface area (TPSA) is 32.3 Å². The van der Waals surface area contributed by atoms with Crippen LogP contribution in [0.5, 0.6) is 0 Å². The smallest absolute Gasteiger partial charge is 0.238 e. The fourth-order valence-corrected chi connectivity index (χ4v) is 2.00. The number of nitrogens with zero attached hydrogens (tertiary/aromatic N) is 1. The summed E-state index contributed by atoms with van der Waals surface area (Å²) in [6.07, 6.45) is 1.39. The van der Waals surface area contributed by atoms with Gasteiger partial charge in [0.15, 0.2) is 0 Å². The van der Waals surface area contributed by atoms with E-state index in [4.69, 9.17) is 0 Å². The highest BCUT2D eigenvalue weighted by Gasteiger charge is 2.10. The van der Waals surface area contributed by atoms with Gasteiger partial charge in [0.05, 0.1) is 12.2 Å². The van der Waals surface area contributed by atoms with Crippen LogP contribution < -0.4 is 10.4 Å². The van der Waals surface area contributed by atoms with Crippen molar-refractivity contribution in [2.75, 3.05) is 5.01 Å². The number of carbonyl (C=O) groups excluding carboxylic acids is 1. The van der Waals surface area contributed by atoms with E-state index in [0.29, 0.717) is 13.0 Å². The number of amides is 1. The third-order valence-electron chi connectivity index (χ3n) is 2.99. The first-order chi connectivity index (χ1) is 9.79. The Balaban J connectivity index is 2.14. The SMILES string of the molecule is CCCC(=O)NN(Cc1ccccc1)c1ccccc1. The van der Waals surface area contributed by atoms with Gasteiger partial charge in [-0.25, -0.2) is 0 Å². The van der Waals surface area contributed by atoms with Crippen molar-refractivity contribution in [3.63, 3.8) is 0 Å². The van der Waals surface area contributed by atoms with Crippen LogP contribution in [0.15, 0.2) is 60.7 Å². The number of nitrogens with one attached hydrogen (secondary N) is 1. The van der Waals surface area contributed by atoms with Crippen LogP contribution in [0.4, 0.5) is 5.69 Å². The Bertz CT molecular complexity index is 525. The first-order valence-corrected chi connectivity index (χ1v) is 6.95. The standard InChI is InChI=1S/C17H20N2O/c1-2-9-17(20)18-19(16-12-7-4-8-13-16)14-15-10-5-3-6-11-15/h3-8,10-13H,2,9,14H2,1H3,(H,18,20). The Morgan fingerprint density at radius 1 is 1.00 bits per heavy atom. The molecule has 104 valence electrons. The summed E-state index contributed by atoms with van der Waals surface area (Å²) in [5, 5.41) is 1.90. The molecule has 3 heteroatoms. The van der Waals surface area contributed by atoms with Crippen LogP contribution in [0.3, 0.4) is 0 Å². The summed E-state index contributed by atoms with van der Waals surface area (Å²) in [5.74, 6) is 0.0484. The van der Waals surface area contributed by atoms with Crippen molar-refractivity contribution in [1.29, 1.82) is 0 Å². The molecule has 0 aliphatic rings. The normalized spacial score (nSPS) is 10.1. The highest BCUT2D eigenvalue weighted by molar-refractivity contribution is 5.77. The average Bonchev–Trinajstić information content (AvgIpc) is 2.49. The molecule has 20 heavy (non-hydrogen) atoms. The van der Waals surface area contributed by atoms with Crippen molar-refractivity contribution in [3.8, 4) is 0 Å². The lowest BCUT2D eigenvalue weighted by Gasteiger charge is -2.25. The van der Waals surface area contributed by atoms with Gasteiger partial charge in [0.25, 0.3) is 0 Å². The first-order valence-electron chi connectivity index (χ1n) is 6.95. The Hall–Kier alpha value is -2.29. The fourth-order valence-electron chi connectivity index (χ4n) is 2.00. The molecule has 0 aliphatic carbocycles. The molecule has 0 saturated carbocycles. The van der Waals surface area contributed by atoms with Crippen LogP contribution in [-0.4, -0.2) is 5.91 Å². The van der Waals surface area contributed by atoms with Crippen LogP contribution in [-0.2, 0) is 11.3 Å². The second-order valence-electron chi connectivity index (χ2n) is 4.69. The van der Waals surface area contributed by atoms with Crippen molar-refractivity contribution < 1.29 is 4.79 Å². The summed E-state index contributed by atoms with van der Waals surface area (Å²) in [6.45, 7) is 2.66. The number of hydrogen-bond donors (Lipinski definition) is 1. The van der Waals surface area contributed by atoms with E-state index in [0.717, 1.165) is 17.7 Å². The molecule has 0 atom stereocenters. The molecule has 0 aromatic heterocycles. The van der Waals surface area contributed by atoms with Gasteiger partial charge in [-0.2, -0.15) is 0 Å². The maximum absolute atomic E-state index is 11.9. The third-order valence-corrected chi connectivity index (χ3v) is 2.99. The predicted molar refractivity (Wildman–Crippen MR) is 82.1 cm³/mol. The zero-order chi connectivity index (χ0) is 14.2. The summed E-state index contributed by atoms with van der Waals surface area (Å²) in [5.41, 5.74) is 5.12. The molecule has 0 aliphatic heterocycles. The largest absolute Gasteiger partial charge is 0.281 e. The molecule has 1 N–H and O–H groups in total. The van der Waals surface area contributed by atoms with Crippen LogP contribution >= 0.6 is 0 Å². The minimum atomic E-state index is 0.0484. The van der Waals surface area contributed by atoms with E-state index in [1.807, 2.05) is 60.5 Å². The summed E-state index contributed by atoms with van der Waals surface area (Å²) in [4.78, 5) is 11.9. The third kappa shape index (κ3) is 4.12. The highest BCUT2D eigenvalue weighted by atomic mass is 16.2. The molecule has 0 fully saturated rings. The average molecular weight is 268 g/mol. The van der Waals surface area contributed by atoms with Crippen molar-refractivity contribution in [3.05, 3.63) is 66.2 Å². The second-order valence-corrected chi connectivity index (χ2v) is 4.69. The summed E-state index contributed by atoms with van der Waals surface area (Å²) < 4.78 is 0. The first kappa shape index (κ1) is 14.1. The quantitative estimate of drug-likeness (QED) is 0.813. The van der Waals surface area contributed by atoms with E-state index in [2.05, 4.69) is 17.6 Å². The lowest BCUT2D eigenvalue weighted by molar-refractivity contribution is -0.121. The highest BCUT2D eigenvalue weighted by Crippen LogP contribution is 2.14. The van der Waals surface area contributed by atoms with Gasteiger partial charge < -0.3 is 0 Å². The molecule has 0 saturated heterocycles. The predicted octanol–water partition coefficient (Wildman–Crippen LogP) is 3.52. The number of para-hydroxylation sites is 1. The number of benzene rings is 2. The number of rotatable bonds is 6. The number of carbonyl (C=O) groups is 1. The molecular formula is C17H20N2O. The minimum absolute atomic E-state index is 0.0484. The van der Waals surface area contributed by atoms with Crippen molar-refractivity contribution in [1.82, 2.24) is 5.43 Å². The molecule has 2 aromatic carbocycles. The van der Waals surface area contributed by atoms with Crippen molar-refractivity contribution >= 4 is 11.6 Å². The van der Waals surface area contributed by atoms with E-state index in [9.17, 15) is 4.79 Å². The maximum Gasteiger partial charge on any atom is 0.238 e. The molecule has 0 heterocycles. The zero-order valence-electron chi connectivity index (χ0n) is 11.8. The number of anilines is 1. The molecule has 0 radical (unpaired) electrons. The van der Waals surface area contributed by atoms with E-state index in [1.165, 1.54) is 0 Å². The summed E-state index contributed by atoms with van der Waals surface area (Å²) in [6, 6.07) is 20.0. The maximum atomic E-state index is 11.9. The van der Waals surface area contributed by atoms with Gasteiger partial charge in [-0.3, -0.25) is 15.2 Å². The van der Waals surface area contributed by atoms with Crippen molar-refractivity contribution in [2.45, 2.75) is 26.3 Å². The Labute approximate surface area is 120 Å². The molecule has 0 bridgehead atoms. The fraction of sp³-hybridized carbons (Fsp3) is 0.235. The zero-order valence-corrected chi connectivity index (χ0v) is 11.8. The Morgan fingerprint density at radius 2 is 1.60 bits per heavy atom. The lowest BCUT2D eigenvalue weighted by Crippen LogP contribution is -2.41.